The summed E-state index contributed by atoms with van der Waals surface area (Å²) in [6, 6.07) is 16.2. The Hall–Kier alpha value is -3.43. The highest BCUT2D eigenvalue weighted by atomic mass is 35.5. The van der Waals surface area contributed by atoms with Crippen LogP contribution >= 0.6 is 11.6 Å². The minimum Gasteiger partial charge on any atom is -0.496 e. The zero-order chi connectivity index (χ0) is 20.6. The minimum absolute atomic E-state index is 0.328. The Morgan fingerprint density at radius 2 is 2.00 bits per heavy atom. The third-order valence-electron chi connectivity index (χ3n) is 4.19. The Morgan fingerprint density at radius 3 is 2.72 bits per heavy atom. The third-order valence-corrected chi connectivity index (χ3v) is 4.49. The molecule has 3 aromatic rings. The number of nitrogens with one attached hydrogen (secondary N) is 1. The molecule has 0 saturated heterocycles. The zero-order valence-corrected chi connectivity index (χ0v) is 16.6. The number of unbranched alkanes of at least 4 members (excludes halogenated alkanes) is 1. The second kappa shape index (κ2) is 9.67. The van der Waals surface area contributed by atoms with Gasteiger partial charge in [-0.3, -0.25) is 4.79 Å². The maximum atomic E-state index is 12.8. The number of hydrogen-bond acceptors (Lipinski definition) is 4. The number of nitrogens with zero attached hydrogens (tertiary/aromatic N) is 2. The Balaban J connectivity index is 1.77. The maximum Gasteiger partial charge on any atom is 0.259 e. The monoisotopic (exact) mass is 409 g/mol. The van der Waals surface area contributed by atoms with Crippen LogP contribution in [0.5, 0.6) is 11.5 Å². The van der Waals surface area contributed by atoms with Crippen LogP contribution in [0.3, 0.4) is 0 Å². The van der Waals surface area contributed by atoms with Gasteiger partial charge in [0.1, 0.15) is 11.5 Å². The number of ether oxygens (including phenoxy) is 2. The lowest BCUT2D eigenvalue weighted by Gasteiger charge is -2.14. The molecule has 0 unspecified atom stereocenters. The highest BCUT2D eigenvalue weighted by Crippen LogP contribution is 2.30. The van der Waals surface area contributed by atoms with E-state index in [1.165, 1.54) is 7.11 Å². The molecule has 0 aliphatic heterocycles. The van der Waals surface area contributed by atoms with Crippen molar-refractivity contribution in [3.05, 3.63) is 71.5 Å². The topological polar surface area (TPSA) is 76.3 Å². The zero-order valence-electron chi connectivity index (χ0n) is 15.9. The van der Waals surface area contributed by atoms with Crippen LogP contribution in [-0.2, 0) is 0 Å². The van der Waals surface area contributed by atoms with Gasteiger partial charge in [-0.2, -0.15) is 5.26 Å². The normalized spacial score (nSPS) is 10.2. The van der Waals surface area contributed by atoms with Crippen LogP contribution in [0.25, 0.3) is 5.69 Å². The summed E-state index contributed by atoms with van der Waals surface area (Å²) in [4.78, 5) is 12.8. The van der Waals surface area contributed by atoms with Crippen LogP contribution in [0.15, 0.2) is 60.9 Å². The molecule has 7 heteroatoms. The molecule has 1 N–H and O–H groups in total. The summed E-state index contributed by atoms with van der Waals surface area (Å²) in [5.74, 6) is 0.692. The minimum atomic E-state index is -0.343. The Morgan fingerprint density at radius 1 is 1.21 bits per heavy atom. The maximum absolute atomic E-state index is 12.8. The fourth-order valence-electron chi connectivity index (χ4n) is 2.79. The molecule has 0 aliphatic rings. The van der Waals surface area contributed by atoms with E-state index in [2.05, 4.69) is 11.4 Å². The van der Waals surface area contributed by atoms with Crippen molar-refractivity contribution in [1.29, 1.82) is 5.26 Å². The van der Waals surface area contributed by atoms with Crippen LogP contribution in [-0.4, -0.2) is 24.2 Å². The molecule has 29 heavy (non-hydrogen) atoms. The van der Waals surface area contributed by atoms with E-state index in [-0.39, 0.29) is 5.91 Å². The molecule has 0 fully saturated rings. The number of carbonyl (C=O) groups is 1. The van der Waals surface area contributed by atoms with Gasteiger partial charge in [0.15, 0.2) is 0 Å². The molecular weight excluding hydrogens is 390 g/mol. The molecule has 0 spiro atoms. The van der Waals surface area contributed by atoms with Crippen molar-refractivity contribution in [3.63, 3.8) is 0 Å². The summed E-state index contributed by atoms with van der Waals surface area (Å²) in [5.41, 5.74) is 1.63. The van der Waals surface area contributed by atoms with Gasteiger partial charge in [0, 0.05) is 36.6 Å². The predicted octanol–water partition coefficient (Wildman–Crippen LogP) is 5.07. The predicted molar refractivity (Wildman–Crippen MR) is 112 cm³/mol. The first-order valence-corrected chi connectivity index (χ1v) is 9.42. The summed E-state index contributed by atoms with van der Waals surface area (Å²) >= 11 is 6.41. The Bertz CT molecular complexity index is 1030. The number of aromatic nitrogens is 1. The number of nitriles is 1. The van der Waals surface area contributed by atoms with Gasteiger partial charge in [0.2, 0.25) is 0 Å². The van der Waals surface area contributed by atoms with Gasteiger partial charge in [-0.25, -0.2) is 0 Å². The van der Waals surface area contributed by atoms with E-state index in [0.29, 0.717) is 47.2 Å². The number of halogens is 1. The van der Waals surface area contributed by atoms with E-state index in [9.17, 15) is 4.79 Å². The molecule has 0 radical (unpaired) electrons. The molecular formula is C22H20ClN3O3. The van der Waals surface area contributed by atoms with E-state index >= 15 is 0 Å². The van der Waals surface area contributed by atoms with Gasteiger partial charge in [0.05, 0.1) is 36.1 Å². The first-order chi connectivity index (χ1) is 14.1. The largest absolute Gasteiger partial charge is 0.496 e. The van der Waals surface area contributed by atoms with Gasteiger partial charge < -0.3 is 19.4 Å². The highest BCUT2D eigenvalue weighted by Gasteiger charge is 2.17. The van der Waals surface area contributed by atoms with Gasteiger partial charge >= 0.3 is 0 Å². The number of amides is 1. The molecule has 1 amide bonds. The van der Waals surface area contributed by atoms with E-state index in [1.54, 1.807) is 36.4 Å². The van der Waals surface area contributed by atoms with E-state index in [0.717, 1.165) is 5.69 Å². The Kier molecular flexibility index (Phi) is 6.77. The van der Waals surface area contributed by atoms with Crippen molar-refractivity contribution in [1.82, 2.24) is 4.57 Å². The SMILES string of the molecule is COc1cc(-n2cccc2)c(Cl)cc1C(=O)Nc1cccc(OCCCC#N)c1. The van der Waals surface area contributed by atoms with E-state index in [1.807, 2.05) is 29.1 Å². The van der Waals surface area contributed by atoms with E-state index in [4.69, 9.17) is 26.3 Å². The van der Waals surface area contributed by atoms with Crippen molar-refractivity contribution < 1.29 is 14.3 Å². The van der Waals surface area contributed by atoms with Gasteiger partial charge in [0.25, 0.3) is 5.91 Å². The molecule has 148 valence electrons. The highest BCUT2D eigenvalue weighted by molar-refractivity contribution is 6.33. The number of anilines is 1. The molecule has 2 aromatic carbocycles. The molecule has 1 heterocycles. The second-order valence-corrected chi connectivity index (χ2v) is 6.59. The summed E-state index contributed by atoms with van der Waals surface area (Å²) in [6.45, 7) is 0.440. The van der Waals surface area contributed by atoms with Crippen LogP contribution in [0.1, 0.15) is 23.2 Å². The summed E-state index contributed by atoms with van der Waals surface area (Å²) in [6.07, 6.45) is 4.82. The molecule has 1 aromatic heterocycles. The second-order valence-electron chi connectivity index (χ2n) is 6.19. The summed E-state index contributed by atoms with van der Waals surface area (Å²) < 4.78 is 12.9. The van der Waals surface area contributed by atoms with Crippen molar-refractivity contribution in [2.45, 2.75) is 12.8 Å². The smallest absolute Gasteiger partial charge is 0.259 e. The molecule has 0 saturated carbocycles. The Labute approximate surface area is 174 Å². The van der Waals surface area contributed by atoms with Crippen LogP contribution in [0, 0.1) is 11.3 Å². The lowest BCUT2D eigenvalue weighted by Crippen LogP contribution is -2.14. The fourth-order valence-corrected chi connectivity index (χ4v) is 3.05. The van der Waals surface area contributed by atoms with Crippen molar-refractivity contribution in [2.75, 3.05) is 19.0 Å². The first-order valence-electron chi connectivity index (χ1n) is 9.04. The number of benzene rings is 2. The van der Waals surface area contributed by atoms with Crippen LogP contribution in [0.4, 0.5) is 5.69 Å². The van der Waals surface area contributed by atoms with Gasteiger partial charge in [-0.15, -0.1) is 0 Å². The standard InChI is InChI=1S/C22H20ClN3O3/c1-28-21-15-20(26-10-3-4-11-26)19(23)14-18(21)22(27)25-16-7-6-8-17(13-16)29-12-5-2-9-24/h3-4,6-8,10-11,13-15H,2,5,12H2,1H3,(H,25,27). The summed E-state index contributed by atoms with van der Waals surface area (Å²) in [5, 5.41) is 11.8. The number of carbonyl (C=O) groups excluding carboxylic acids is 1. The quantitative estimate of drug-likeness (QED) is 0.526. The molecule has 0 atom stereocenters. The van der Waals surface area contributed by atoms with Crippen LogP contribution < -0.4 is 14.8 Å². The summed E-state index contributed by atoms with van der Waals surface area (Å²) in [7, 11) is 1.51. The van der Waals surface area contributed by atoms with E-state index < -0.39 is 0 Å². The molecule has 3 rings (SSSR count). The molecule has 6 nitrogen and oxygen atoms in total. The van der Waals surface area contributed by atoms with Gasteiger partial charge in [-0.05, 0) is 36.8 Å². The lowest BCUT2D eigenvalue weighted by molar-refractivity contribution is 0.102. The van der Waals surface area contributed by atoms with Crippen molar-refractivity contribution >= 4 is 23.2 Å². The number of rotatable bonds is 8. The third kappa shape index (κ3) is 5.09. The molecule has 0 aliphatic carbocycles. The van der Waals surface area contributed by atoms with Crippen LogP contribution in [0.2, 0.25) is 5.02 Å². The van der Waals surface area contributed by atoms with Crippen molar-refractivity contribution in [3.8, 4) is 23.3 Å². The lowest BCUT2D eigenvalue weighted by atomic mass is 10.1. The van der Waals surface area contributed by atoms with Crippen molar-refractivity contribution in [2.24, 2.45) is 0 Å². The number of hydrogen-bond donors (Lipinski definition) is 1. The average molecular weight is 410 g/mol. The first kappa shape index (κ1) is 20.3. The number of methoxy groups -OCH3 is 1. The average Bonchev–Trinajstić information content (AvgIpc) is 3.26. The fraction of sp³-hybridized carbons (Fsp3) is 0.182. The molecule has 0 bridgehead atoms. The van der Waals surface area contributed by atoms with Gasteiger partial charge in [-0.1, -0.05) is 17.7 Å².